The summed E-state index contributed by atoms with van der Waals surface area (Å²) in [5, 5.41) is 8.90. The zero-order valence-electron chi connectivity index (χ0n) is 16.3. The highest BCUT2D eigenvalue weighted by atomic mass is 16.1. The third-order valence-corrected chi connectivity index (χ3v) is 5.01. The number of hydrogen-bond donors (Lipinski definition) is 1. The fourth-order valence-corrected chi connectivity index (χ4v) is 3.38. The Morgan fingerprint density at radius 1 is 0.897 bits per heavy atom. The number of aryl methyl sites for hydroxylation is 1. The molecule has 0 saturated carbocycles. The first-order valence-electron chi connectivity index (χ1n) is 9.49. The van der Waals surface area contributed by atoms with E-state index in [9.17, 15) is 9.59 Å². The van der Waals surface area contributed by atoms with Crippen LogP contribution < -0.4 is 10.9 Å². The topological polar surface area (TPSA) is 64.0 Å². The van der Waals surface area contributed by atoms with Crippen molar-refractivity contribution in [2.45, 2.75) is 19.9 Å². The van der Waals surface area contributed by atoms with Crippen LogP contribution in [0.15, 0.2) is 83.7 Å². The maximum absolute atomic E-state index is 12.8. The normalized spacial score (nSPS) is 11.9. The van der Waals surface area contributed by atoms with Gasteiger partial charge < -0.3 is 5.32 Å². The van der Waals surface area contributed by atoms with Crippen molar-refractivity contribution in [2.24, 2.45) is 0 Å². The molecule has 0 aliphatic rings. The maximum Gasteiger partial charge on any atom is 0.279 e. The quantitative estimate of drug-likeness (QED) is 0.575. The van der Waals surface area contributed by atoms with E-state index in [0.29, 0.717) is 16.6 Å². The van der Waals surface area contributed by atoms with E-state index in [1.807, 2.05) is 62.4 Å². The summed E-state index contributed by atoms with van der Waals surface area (Å²) in [6, 6.07) is 24.0. The highest BCUT2D eigenvalue weighted by Gasteiger charge is 2.13. The van der Waals surface area contributed by atoms with Gasteiger partial charge in [0.25, 0.3) is 11.5 Å². The third kappa shape index (κ3) is 3.67. The minimum absolute atomic E-state index is 0.101. The van der Waals surface area contributed by atoms with Gasteiger partial charge in [-0.25, -0.2) is 0 Å². The zero-order chi connectivity index (χ0) is 20.4. The first kappa shape index (κ1) is 18.6. The molecular weight excluding hydrogens is 362 g/mol. The fraction of sp³-hybridized carbons (Fsp3) is 0.125. The van der Waals surface area contributed by atoms with Crippen LogP contribution >= 0.6 is 0 Å². The van der Waals surface area contributed by atoms with E-state index in [1.165, 1.54) is 4.68 Å². The van der Waals surface area contributed by atoms with Crippen molar-refractivity contribution in [2.75, 3.05) is 0 Å². The van der Waals surface area contributed by atoms with Crippen molar-refractivity contribution in [1.82, 2.24) is 15.1 Å². The summed E-state index contributed by atoms with van der Waals surface area (Å²) in [5.74, 6) is -0.164. The van der Waals surface area contributed by atoms with E-state index in [-0.39, 0.29) is 17.5 Å². The first-order chi connectivity index (χ1) is 14.0. The number of fused-ring (bicyclic) bond motifs is 1. The predicted molar refractivity (Wildman–Crippen MR) is 114 cm³/mol. The molecule has 4 rings (SSSR count). The third-order valence-electron chi connectivity index (χ3n) is 5.01. The van der Waals surface area contributed by atoms with Gasteiger partial charge in [-0.2, -0.15) is 9.78 Å². The van der Waals surface area contributed by atoms with Crippen molar-refractivity contribution in [1.29, 1.82) is 0 Å². The molecule has 29 heavy (non-hydrogen) atoms. The maximum atomic E-state index is 12.8. The summed E-state index contributed by atoms with van der Waals surface area (Å²) in [6.07, 6.45) is 0. The van der Waals surface area contributed by atoms with Crippen LogP contribution in [-0.2, 0) is 0 Å². The number of nitrogens with zero attached hydrogens (tertiary/aromatic N) is 2. The number of rotatable bonds is 4. The van der Waals surface area contributed by atoms with E-state index >= 15 is 0 Å². The molecule has 0 saturated heterocycles. The van der Waals surface area contributed by atoms with E-state index in [2.05, 4.69) is 10.4 Å². The van der Waals surface area contributed by atoms with E-state index in [4.69, 9.17) is 0 Å². The van der Waals surface area contributed by atoms with Gasteiger partial charge in [-0.05, 0) is 49.7 Å². The second-order valence-corrected chi connectivity index (χ2v) is 7.00. The SMILES string of the molecule is Cc1nn(-c2ccc(C(=O)N[C@H](C)c3ccccc3)cc2)c(=O)c2ccccc12. The molecule has 1 atom stereocenters. The van der Waals surface area contributed by atoms with Gasteiger partial charge in [0.1, 0.15) is 0 Å². The Labute approximate surface area is 168 Å². The average molecular weight is 383 g/mol. The lowest BCUT2D eigenvalue weighted by atomic mass is 10.1. The van der Waals surface area contributed by atoms with Crippen molar-refractivity contribution in [3.05, 3.63) is 106 Å². The fourth-order valence-electron chi connectivity index (χ4n) is 3.38. The van der Waals surface area contributed by atoms with Crippen LogP contribution in [0.4, 0.5) is 0 Å². The minimum Gasteiger partial charge on any atom is -0.346 e. The van der Waals surface area contributed by atoms with Gasteiger partial charge in [0.15, 0.2) is 0 Å². The Hall–Kier alpha value is -3.73. The van der Waals surface area contributed by atoms with Gasteiger partial charge in [0.05, 0.1) is 22.8 Å². The Kier molecular flexibility index (Phi) is 4.96. The summed E-state index contributed by atoms with van der Waals surface area (Å²) in [7, 11) is 0. The summed E-state index contributed by atoms with van der Waals surface area (Å²) < 4.78 is 1.38. The Morgan fingerprint density at radius 3 is 2.21 bits per heavy atom. The van der Waals surface area contributed by atoms with E-state index < -0.39 is 0 Å². The van der Waals surface area contributed by atoms with Crippen LogP contribution in [0, 0.1) is 6.92 Å². The lowest BCUT2D eigenvalue weighted by Crippen LogP contribution is -2.27. The molecule has 1 aromatic heterocycles. The second-order valence-electron chi connectivity index (χ2n) is 7.00. The monoisotopic (exact) mass is 383 g/mol. The van der Waals surface area contributed by atoms with Gasteiger partial charge in [-0.15, -0.1) is 0 Å². The highest BCUT2D eigenvalue weighted by Crippen LogP contribution is 2.16. The van der Waals surface area contributed by atoms with Crippen LogP contribution in [0.3, 0.4) is 0 Å². The molecule has 0 aliphatic heterocycles. The molecule has 0 fully saturated rings. The molecule has 1 amide bonds. The van der Waals surface area contributed by atoms with Crippen LogP contribution in [0.2, 0.25) is 0 Å². The standard InChI is InChI=1S/C24H21N3O2/c1-16(18-8-4-3-5-9-18)25-23(28)19-12-14-20(15-13-19)27-24(29)22-11-7-6-10-21(22)17(2)26-27/h3-16H,1-2H3,(H,25,28)/t16-/m1/s1. The van der Waals surface area contributed by atoms with Crippen LogP contribution in [0.25, 0.3) is 16.5 Å². The molecule has 0 radical (unpaired) electrons. The van der Waals surface area contributed by atoms with Crippen molar-refractivity contribution in [3.63, 3.8) is 0 Å². The molecule has 144 valence electrons. The Bertz CT molecular complexity index is 1230. The molecule has 3 aromatic carbocycles. The van der Waals surface area contributed by atoms with Crippen LogP contribution in [0.5, 0.6) is 0 Å². The number of hydrogen-bond acceptors (Lipinski definition) is 3. The van der Waals surface area contributed by atoms with Gasteiger partial charge >= 0.3 is 0 Å². The van der Waals surface area contributed by atoms with E-state index in [1.54, 1.807) is 30.3 Å². The van der Waals surface area contributed by atoms with Gasteiger partial charge in [-0.3, -0.25) is 9.59 Å². The molecule has 4 aromatic rings. The average Bonchev–Trinajstić information content (AvgIpc) is 2.77. The van der Waals surface area contributed by atoms with Gasteiger partial charge in [-0.1, -0.05) is 48.5 Å². The predicted octanol–water partition coefficient (Wildman–Crippen LogP) is 4.19. The molecule has 0 aliphatic carbocycles. The lowest BCUT2D eigenvalue weighted by molar-refractivity contribution is 0.0940. The summed E-state index contributed by atoms with van der Waals surface area (Å²) in [6.45, 7) is 3.83. The first-order valence-corrected chi connectivity index (χ1v) is 9.49. The number of benzene rings is 3. The number of carbonyl (C=O) groups excluding carboxylic acids is 1. The van der Waals surface area contributed by atoms with Gasteiger partial charge in [0.2, 0.25) is 0 Å². The lowest BCUT2D eigenvalue weighted by Gasteiger charge is -2.14. The largest absolute Gasteiger partial charge is 0.346 e. The Morgan fingerprint density at radius 2 is 1.52 bits per heavy atom. The highest BCUT2D eigenvalue weighted by molar-refractivity contribution is 5.94. The van der Waals surface area contributed by atoms with E-state index in [0.717, 1.165) is 16.6 Å². The number of nitrogens with one attached hydrogen (secondary N) is 1. The molecule has 5 nitrogen and oxygen atoms in total. The molecule has 1 N–H and O–H groups in total. The van der Waals surface area contributed by atoms with Gasteiger partial charge in [0, 0.05) is 10.9 Å². The van der Waals surface area contributed by atoms with Crippen LogP contribution in [0.1, 0.15) is 34.6 Å². The second kappa shape index (κ2) is 7.72. The van der Waals surface area contributed by atoms with Crippen molar-refractivity contribution < 1.29 is 4.79 Å². The van der Waals surface area contributed by atoms with Crippen LogP contribution in [-0.4, -0.2) is 15.7 Å². The van der Waals surface area contributed by atoms with Crippen molar-refractivity contribution in [3.8, 4) is 5.69 Å². The minimum atomic E-state index is -0.180. The molecule has 5 heteroatoms. The zero-order valence-corrected chi connectivity index (χ0v) is 16.3. The number of aromatic nitrogens is 2. The molecular formula is C24H21N3O2. The Balaban J connectivity index is 1.60. The van der Waals surface area contributed by atoms with Crippen molar-refractivity contribution >= 4 is 16.7 Å². The molecule has 0 spiro atoms. The smallest absolute Gasteiger partial charge is 0.279 e. The summed E-state index contributed by atoms with van der Waals surface area (Å²) in [5.41, 5.74) is 2.79. The molecule has 1 heterocycles. The summed E-state index contributed by atoms with van der Waals surface area (Å²) >= 11 is 0. The summed E-state index contributed by atoms with van der Waals surface area (Å²) in [4.78, 5) is 25.4. The number of amides is 1. The molecule has 0 unspecified atom stereocenters. The number of carbonyl (C=O) groups is 1. The molecule has 0 bridgehead atoms.